The molecule has 0 aromatic heterocycles. The standard InChI is InChI=1S/C11H16/c1-4-10-7-6-8-11(5-2)9(10)3/h6-8H,4-5H2,1-3H3/i4D2,5D2. The van der Waals surface area contributed by atoms with Crippen LogP contribution in [0, 0.1) is 6.92 Å². The van der Waals surface area contributed by atoms with E-state index in [1.165, 1.54) is 13.8 Å². The van der Waals surface area contributed by atoms with E-state index in [4.69, 9.17) is 5.48 Å². The van der Waals surface area contributed by atoms with E-state index in [0.717, 1.165) is 0 Å². The second kappa shape index (κ2) is 3.56. The van der Waals surface area contributed by atoms with Crippen LogP contribution < -0.4 is 0 Å². The third-order valence-electron chi connectivity index (χ3n) is 1.87. The van der Waals surface area contributed by atoms with Crippen molar-refractivity contribution in [2.24, 2.45) is 0 Å². The predicted molar refractivity (Wildman–Crippen MR) is 49.9 cm³/mol. The Labute approximate surface area is 74.9 Å². The highest BCUT2D eigenvalue weighted by Gasteiger charge is 1.98. The molecular weight excluding hydrogens is 132 g/mol. The molecule has 0 heterocycles. The Bertz CT molecular complexity index is 326. The predicted octanol–water partition coefficient (Wildman–Crippen LogP) is 3.12. The Morgan fingerprint density at radius 2 is 1.64 bits per heavy atom. The molecule has 0 N–H and O–H groups in total. The van der Waals surface area contributed by atoms with Crippen LogP contribution in [0.5, 0.6) is 0 Å². The minimum atomic E-state index is -1.43. The smallest absolute Gasteiger partial charge is 0.0313 e. The molecule has 0 aliphatic carbocycles. The van der Waals surface area contributed by atoms with E-state index in [-0.39, 0.29) is 0 Å². The van der Waals surface area contributed by atoms with Gasteiger partial charge in [-0.05, 0) is 36.4 Å². The van der Waals surface area contributed by atoms with Gasteiger partial charge in [0.1, 0.15) is 0 Å². The highest BCUT2D eigenvalue weighted by molar-refractivity contribution is 5.33. The normalized spacial score (nSPS) is 18.1. The van der Waals surface area contributed by atoms with Crippen LogP contribution in [0.1, 0.15) is 36.0 Å². The Morgan fingerprint density at radius 1 is 1.18 bits per heavy atom. The lowest BCUT2D eigenvalue weighted by Crippen LogP contribution is -1.91. The summed E-state index contributed by atoms with van der Waals surface area (Å²) >= 11 is 0. The topological polar surface area (TPSA) is 0 Å². The van der Waals surface area contributed by atoms with Crippen molar-refractivity contribution in [3.8, 4) is 0 Å². The van der Waals surface area contributed by atoms with Gasteiger partial charge in [0, 0.05) is 5.48 Å². The molecule has 0 nitrogen and oxygen atoms in total. The molecule has 60 valence electrons. The summed E-state index contributed by atoms with van der Waals surface area (Å²) < 4.78 is 30.6. The first kappa shape index (κ1) is 4.30. The second-order valence-electron chi connectivity index (χ2n) is 2.48. The fourth-order valence-electron chi connectivity index (χ4n) is 1.18. The highest BCUT2D eigenvalue weighted by Crippen LogP contribution is 2.14. The number of hydrogen-bond acceptors (Lipinski definition) is 0. The summed E-state index contributed by atoms with van der Waals surface area (Å²) in [7, 11) is 0. The van der Waals surface area contributed by atoms with Crippen LogP contribution in [0.3, 0.4) is 0 Å². The van der Waals surface area contributed by atoms with Gasteiger partial charge in [-0.15, -0.1) is 0 Å². The minimum Gasteiger partial charge on any atom is -0.0617 e. The molecule has 0 fully saturated rings. The zero-order chi connectivity index (χ0) is 11.9. The van der Waals surface area contributed by atoms with Crippen molar-refractivity contribution in [3.05, 3.63) is 34.9 Å². The zero-order valence-corrected chi connectivity index (χ0v) is 7.23. The SMILES string of the molecule is [2H]C([2H])(C)c1cccc(C([2H])([2H])C)c1C. The molecule has 1 aromatic carbocycles. The largest absolute Gasteiger partial charge is 0.0617 e. The maximum Gasteiger partial charge on any atom is 0.0313 e. The van der Waals surface area contributed by atoms with Crippen LogP contribution >= 0.6 is 0 Å². The Balaban J connectivity index is 3.37. The van der Waals surface area contributed by atoms with Crippen molar-refractivity contribution in [1.29, 1.82) is 0 Å². The fourth-order valence-corrected chi connectivity index (χ4v) is 1.18. The van der Waals surface area contributed by atoms with Gasteiger partial charge in [0.05, 0.1) is 0 Å². The summed E-state index contributed by atoms with van der Waals surface area (Å²) in [5.74, 6) is 0. The first-order chi connectivity index (χ1) is 6.64. The lowest BCUT2D eigenvalue weighted by molar-refractivity contribution is 1.05. The van der Waals surface area contributed by atoms with Gasteiger partial charge in [-0.25, -0.2) is 0 Å². The molecule has 1 aromatic rings. The van der Waals surface area contributed by atoms with Crippen molar-refractivity contribution < 1.29 is 5.48 Å². The van der Waals surface area contributed by atoms with Gasteiger partial charge in [0.15, 0.2) is 0 Å². The maximum atomic E-state index is 7.66. The molecule has 0 radical (unpaired) electrons. The van der Waals surface area contributed by atoms with Crippen LogP contribution in [0.4, 0.5) is 0 Å². The van der Waals surface area contributed by atoms with Crippen molar-refractivity contribution in [1.82, 2.24) is 0 Å². The summed E-state index contributed by atoms with van der Waals surface area (Å²) in [5, 5.41) is 0. The van der Waals surface area contributed by atoms with E-state index in [1.807, 2.05) is 0 Å². The van der Waals surface area contributed by atoms with Crippen LogP contribution in [0.15, 0.2) is 18.2 Å². The van der Waals surface area contributed by atoms with Gasteiger partial charge in [-0.1, -0.05) is 32.0 Å². The highest BCUT2D eigenvalue weighted by atomic mass is 14.0. The molecule has 0 spiro atoms. The average Bonchev–Trinajstić information content (AvgIpc) is 1.99. The third kappa shape index (κ3) is 1.62. The van der Waals surface area contributed by atoms with Gasteiger partial charge < -0.3 is 0 Å². The van der Waals surface area contributed by atoms with Crippen molar-refractivity contribution >= 4 is 0 Å². The van der Waals surface area contributed by atoms with Gasteiger partial charge in [-0.3, -0.25) is 0 Å². The Morgan fingerprint density at radius 3 is 2.00 bits per heavy atom. The molecule has 0 bridgehead atoms. The third-order valence-corrected chi connectivity index (χ3v) is 1.87. The van der Waals surface area contributed by atoms with E-state index in [0.29, 0.717) is 16.7 Å². The number of hydrogen-bond donors (Lipinski definition) is 0. The summed E-state index contributed by atoms with van der Waals surface area (Å²) in [6.45, 7) is 4.75. The van der Waals surface area contributed by atoms with Crippen LogP contribution in [-0.4, -0.2) is 0 Å². The van der Waals surface area contributed by atoms with E-state index in [9.17, 15) is 0 Å². The van der Waals surface area contributed by atoms with Crippen molar-refractivity contribution in [3.63, 3.8) is 0 Å². The van der Waals surface area contributed by atoms with Gasteiger partial charge in [0.25, 0.3) is 0 Å². The molecule has 0 aliphatic rings. The summed E-state index contributed by atoms with van der Waals surface area (Å²) in [4.78, 5) is 0. The molecule has 0 unspecified atom stereocenters. The second-order valence-corrected chi connectivity index (χ2v) is 2.48. The summed E-state index contributed by atoms with van der Waals surface area (Å²) in [5.41, 5.74) is 1.83. The minimum absolute atomic E-state index is 0.561. The molecule has 0 atom stereocenters. The number of aryl methyl sites for hydroxylation is 2. The van der Waals surface area contributed by atoms with Gasteiger partial charge in [-0.2, -0.15) is 0 Å². The van der Waals surface area contributed by atoms with E-state index < -0.39 is 12.7 Å². The Kier molecular flexibility index (Phi) is 1.39. The molecule has 0 aliphatic heterocycles. The molecule has 0 saturated carbocycles. The monoisotopic (exact) mass is 152 g/mol. The van der Waals surface area contributed by atoms with Gasteiger partial charge >= 0.3 is 0 Å². The van der Waals surface area contributed by atoms with Gasteiger partial charge in [0.2, 0.25) is 0 Å². The van der Waals surface area contributed by atoms with Crippen molar-refractivity contribution in [2.75, 3.05) is 0 Å². The molecule has 0 saturated heterocycles. The number of benzene rings is 1. The molecule has 0 heteroatoms. The molecule has 0 amide bonds. The van der Waals surface area contributed by atoms with E-state index in [2.05, 4.69) is 0 Å². The van der Waals surface area contributed by atoms with E-state index in [1.54, 1.807) is 25.1 Å². The molecular formula is C11H16. The Hall–Kier alpha value is -0.780. The lowest BCUT2D eigenvalue weighted by Gasteiger charge is -2.06. The average molecular weight is 152 g/mol. The van der Waals surface area contributed by atoms with E-state index >= 15 is 0 Å². The first-order valence-corrected chi connectivity index (χ1v) is 3.74. The first-order valence-electron chi connectivity index (χ1n) is 5.74. The van der Waals surface area contributed by atoms with Crippen LogP contribution in [0.25, 0.3) is 0 Å². The zero-order valence-electron chi connectivity index (χ0n) is 11.2. The fraction of sp³-hybridized carbons (Fsp3) is 0.455. The number of rotatable bonds is 2. The summed E-state index contributed by atoms with van der Waals surface area (Å²) in [6.07, 6.45) is -2.85. The molecule has 1 rings (SSSR count). The van der Waals surface area contributed by atoms with Crippen molar-refractivity contribution in [2.45, 2.75) is 33.5 Å². The maximum absolute atomic E-state index is 7.66. The van der Waals surface area contributed by atoms with Crippen LogP contribution in [-0.2, 0) is 12.7 Å². The lowest BCUT2D eigenvalue weighted by atomic mass is 9.99. The van der Waals surface area contributed by atoms with Crippen LogP contribution in [0.2, 0.25) is 0 Å². The summed E-state index contributed by atoms with van der Waals surface area (Å²) in [6, 6.07) is 5.13. The molecule has 11 heavy (non-hydrogen) atoms. The quantitative estimate of drug-likeness (QED) is 0.611.